The highest BCUT2D eigenvalue weighted by Gasteiger charge is 2.08. The molecule has 0 bridgehead atoms. The van der Waals surface area contributed by atoms with Gasteiger partial charge in [-0.15, -0.1) is 0 Å². The highest BCUT2D eigenvalue weighted by Crippen LogP contribution is 2.26. The van der Waals surface area contributed by atoms with Gasteiger partial charge in [0.25, 0.3) is 0 Å². The standard InChI is InChI=1S/C15H19N3O/c1-11-7-12(10-16)8-15(17-11)18(2)13-5-4-6-14(9-13)19-3/h4-9H,10,16H2,1-3H3. The fourth-order valence-electron chi connectivity index (χ4n) is 1.96. The summed E-state index contributed by atoms with van der Waals surface area (Å²) < 4.78 is 5.24. The van der Waals surface area contributed by atoms with E-state index in [0.717, 1.165) is 28.5 Å². The molecule has 2 N–H and O–H groups in total. The van der Waals surface area contributed by atoms with Crippen LogP contribution in [0.1, 0.15) is 11.3 Å². The lowest BCUT2D eigenvalue weighted by Crippen LogP contribution is -2.12. The summed E-state index contributed by atoms with van der Waals surface area (Å²) in [5, 5.41) is 0. The summed E-state index contributed by atoms with van der Waals surface area (Å²) >= 11 is 0. The van der Waals surface area contributed by atoms with E-state index in [1.165, 1.54) is 0 Å². The first kappa shape index (κ1) is 13.4. The molecular weight excluding hydrogens is 238 g/mol. The molecule has 0 fully saturated rings. The molecule has 2 rings (SSSR count). The van der Waals surface area contributed by atoms with E-state index < -0.39 is 0 Å². The first-order valence-corrected chi connectivity index (χ1v) is 6.19. The minimum Gasteiger partial charge on any atom is -0.497 e. The summed E-state index contributed by atoms with van der Waals surface area (Å²) in [4.78, 5) is 6.57. The van der Waals surface area contributed by atoms with Crippen LogP contribution in [0.3, 0.4) is 0 Å². The number of pyridine rings is 1. The number of methoxy groups -OCH3 is 1. The van der Waals surface area contributed by atoms with Crippen LogP contribution >= 0.6 is 0 Å². The Kier molecular flexibility index (Phi) is 4.02. The van der Waals surface area contributed by atoms with E-state index in [4.69, 9.17) is 10.5 Å². The van der Waals surface area contributed by atoms with Gasteiger partial charge in [-0.3, -0.25) is 0 Å². The summed E-state index contributed by atoms with van der Waals surface area (Å²) in [6.45, 7) is 2.49. The minimum atomic E-state index is 0.516. The summed E-state index contributed by atoms with van der Waals surface area (Å²) in [6, 6.07) is 11.9. The van der Waals surface area contributed by atoms with Crippen LogP contribution in [-0.4, -0.2) is 19.1 Å². The number of aryl methyl sites for hydroxylation is 1. The average molecular weight is 257 g/mol. The van der Waals surface area contributed by atoms with Crippen LogP contribution in [0.25, 0.3) is 0 Å². The maximum absolute atomic E-state index is 5.71. The first-order chi connectivity index (χ1) is 9.13. The van der Waals surface area contributed by atoms with Crippen LogP contribution in [0.15, 0.2) is 36.4 Å². The van der Waals surface area contributed by atoms with Gasteiger partial charge in [-0.05, 0) is 36.8 Å². The SMILES string of the molecule is COc1cccc(N(C)c2cc(CN)cc(C)n2)c1. The molecule has 0 amide bonds. The largest absolute Gasteiger partial charge is 0.497 e. The van der Waals surface area contributed by atoms with Gasteiger partial charge < -0.3 is 15.4 Å². The van der Waals surface area contributed by atoms with Gasteiger partial charge in [-0.2, -0.15) is 0 Å². The fourth-order valence-corrected chi connectivity index (χ4v) is 1.96. The number of ether oxygens (including phenoxy) is 1. The number of anilines is 2. The highest BCUT2D eigenvalue weighted by molar-refractivity contribution is 5.61. The van der Waals surface area contributed by atoms with E-state index in [2.05, 4.69) is 4.98 Å². The summed E-state index contributed by atoms with van der Waals surface area (Å²) in [6.07, 6.45) is 0. The van der Waals surface area contributed by atoms with Crippen LogP contribution in [0, 0.1) is 6.92 Å². The molecule has 0 aliphatic rings. The Hall–Kier alpha value is -2.07. The molecule has 1 aromatic heterocycles. The van der Waals surface area contributed by atoms with Crippen molar-refractivity contribution in [3.8, 4) is 5.75 Å². The van der Waals surface area contributed by atoms with Gasteiger partial charge in [-0.25, -0.2) is 4.98 Å². The van der Waals surface area contributed by atoms with E-state index in [9.17, 15) is 0 Å². The molecule has 4 nitrogen and oxygen atoms in total. The lowest BCUT2D eigenvalue weighted by molar-refractivity contribution is 0.415. The van der Waals surface area contributed by atoms with E-state index in [1.54, 1.807) is 7.11 Å². The Morgan fingerprint density at radius 3 is 2.74 bits per heavy atom. The number of benzene rings is 1. The van der Waals surface area contributed by atoms with Crippen molar-refractivity contribution >= 4 is 11.5 Å². The molecule has 0 saturated carbocycles. The molecule has 2 aromatic rings. The van der Waals surface area contributed by atoms with Crippen molar-refractivity contribution in [2.24, 2.45) is 5.73 Å². The van der Waals surface area contributed by atoms with Crippen LogP contribution in [0.2, 0.25) is 0 Å². The van der Waals surface area contributed by atoms with Crippen molar-refractivity contribution in [3.63, 3.8) is 0 Å². The molecule has 0 spiro atoms. The molecule has 1 heterocycles. The van der Waals surface area contributed by atoms with Crippen molar-refractivity contribution in [2.75, 3.05) is 19.1 Å². The smallest absolute Gasteiger partial charge is 0.133 e. The van der Waals surface area contributed by atoms with Crippen LogP contribution in [0.4, 0.5) is 11.5 Å². The molecule has 0 atom stereocenters. The van der Waals surface area contributed by atoms with Gasteiger partial charge in [-0.1, -0.05) is 6.07 Å². The minimum absolute atomic E-state index is 0.516. The first-order valence-electron chi connectivity index (χ1n) is 6.19. The molecule has 1 aromatic carbocycles. The molecule has 0 aliphatic carbocycles. The fraction of sp³-hybridized carbons (Fsp3) is 0.267. The summed E-state index contributed by atoms with van der Waals surface area (Å²) in [7, 11) is 3.65. The maximum atomic E-state index is 5.71. The second-order valence-electron chi connectivity index (χ2n) is 4.44. The Bertz CT molecular complexity index is 569. The maximum Gasteiger partial charge on any atom is 0.133 e. The third kappa shape index (κ3) is 3.03. The monoisotopic (exact) mass is 257 g/mol. The Morgan fingerprint density at radius 2 is 2.05 bits per heavy atom. The molecule has 19 heavy (non-hydrogen) atoms. The second kappa shape index (κ2) is 5.71. The predicted molar refractivity (Wildman–Crippen MR) is 77.9 cm³/mol. The Balaban J connectivity index is 2.37. The number of nitrogens with two attached hydrogens (primary N) is 1. The average Bonchev–Trinajstić information content (AvgIpc) is 2.45. The van der Waals surface area contributed by atoms with E-state index >= 15 is 0 Å². The Morgan fingerprint density at radius 1 is 1.26 bits per heavy atom. The van der Waals surface area contributed by atoms with E-state index in [1.807, 2.05) is 55.3 Å². The van der Waals surface area contributed by atoms with Gasteiger partial charge >= 0.3 is 0 Å². The topological polar surface area (TPSA) is 51.4 Å². The lowest BCUT2D eigenvalue weighted by Gasteiger charge is -2.20. The van der Waals surface area contributed by atoms with Crippen LogP contribution in [-0.2, 0) is 6.54 Å². The van der Waals surface area contributed by atoms with Gasteiger partial charge in [0.05, 0.1) is 7.11 Å². The van der Waals surface area contributed by atoms with Crippen LogP contribution < -0.4 is 15.4 Å². The van der Waals surface area contributed by atoms with Gasteiger partial charge in [0.2, 0.25) is 0 Å². The lowest BCUT2D eigenvalue weighted by atomic mass is 10.2. The normalized spacial score (nSPS) is 10.3. The van der Waals surface area contributed by atoms with Gasteiger partial charge in [0.1, 0.15) is 11.6 Å². The number of rotatable bonds is 4. The quantitative estimate of drug-likeness (QED) is 0.914. The van der Waals surface area contributed by atoms with Crippen molar-refractivity contribution in [2.45, 2.75) is 13.5 Å². The molecule has 0 unspecified atom stereocenters. The second-order valence-corrected chi connectivity index (χ2v) is 4.44. The van der Waals surface area contributed by atoms with Crippen LogP contribution in [0.5, 0.6) is 5.75 Å². The predicted octanol–water partition coefficient (Wildman–Crippen LogP) is 2.63. The molecule has 0 radical (unpaired) electrons. The number of aromatic nitrogens is 1. The molecule has 100 valence electrons. The zero-order valence-corrected chi connectivity index (χ0v) is 11.6. The summed E-state index contributed by atoms with van der Waals surface area (Å²) in [5.41, 5.74) is 8.78. The molecule has 0 saturated heterocycles. The Labute approximate surface area is 113 Å². The third-order valence-electron chi connectivity index (χ3n) is 3.02. The number of hydrogen-bond donors (Lipinski definition) is 1. The van der Waals surface area contributed by atoms with Gasteiger partial charge in [0, 0.05) is 31.0 Å². The summed E-state index contributed by atoms with van der Waals surface area (Å²) in [5.74, 6) is 1.71. The third-order valence-corrected chi connectivity index (χ3v) is 3.02. The number of hydrogen-bond acceptors (Lipinski definition) is 4. The van der Waals surface area contributed by atoms with E-state index in [-0.39, 0.29) is 0 Å². The molecule has 0 aliphatic heterocycles. The van der Waals surface area contributed by atoms with Crippen molar-refractivity contribution in [3.05, 3.63) is 47.7 Å². The molecular formula is C15H19N3O. The van der Waals surface area contributed by atoms with E-state index in [0.29, 0.717) is 6.54 Å². The van der Waals surface area contributed by atoms with Crippen molar-refractivity contribution in [1.29, 1.82) is 0 Å². The van der Waals surface area contributed by atoms with Crippen molar-refractivity contribution in [1.82, 2.24) is 4.98 Å². The zero-order valence-electron chi connectivity index (χ0n) is 11.6. The molecule has 4 heteroatoms. The van der Waals surface area contributed by atoms with Gasteiger partial charge in [0.15, 0.2) is 0 Å². The zero-order chi connectivity index (χ0) is 13.8. The van der Waals surface area contributed by atoms with Crippen molar-refractivity contribution < 1.29 is 4.74 Å². The number of nitrogens with zero attached hydrogens (tertiary/aromatic N) is 2. The highest BCUT2D eigenvalue weighted by atomic mass is 16.5.